The summed E-state index contributed by atoms with van der Waals surface area (Å²) >= 11 is 4.90. The van der Waals surface area contributed by atoms with Crippen LogP contribution in [0.1, 0.15) is 28.4 Å². The second-order valence-electron chi connectivity index (χ2n) is 5.84. The third-order valence-corrected chi connectivity index (χ3v) is 5.62. The van der Waals surface area contributed by atoms with E-state index in [1.54, 1.807) is 54.2 Å². The van der Waals surface area contributed by atoms with Crippen LogP contribution in [0.2, 0.25) is 0 Å². The molecule has 0 aliphatic carbocycles. The van der Waals surface area contributed by atoms with Crippen molar-refractivity contribution in [2.75, 3.05) is 18.2 Å². The Bertz CT molecular complexity index is 886. The van der Waals surface area contributed by atoms with E-state index in [2.05, 4.69) is 26.6 Å². The first kappa shape index (κ1) is 19.4. The number of halogens is 1. The monoisotopic (exact) mass is 448 g/mol. The van der Waals surface area contributed by atoms with Crippen LogP contribution in [0, 0.1) is 0 Å². The van der Waals surface area contributed by atoms with Crippen LogP contribution in [0.5, 0.6) is 0 Å². The number of fused-ring (bicyclic) bond motifs is 1. The van der Waals surface area contributed by atoms with Crippen LogP contribution in [0.4, 0.5) is 5.69 Å². The number of benzene rings is 2. The summed E-state index contributed by atoms with van der Waals surface area (Å²) in [4.78, 5) is 37.6. The highest BCUT2D eigenvalue weighted by Gasteiger charge is 2.25. The van der Waals surface area contributed by atoms with E-state index in [0.717, 1.165) is 9.37 Å². The van der Waals surface area contributed by atoms with Gasteiger partial charge in [-0.25, -0.2) is 4.79 Å². The zero-order chi connectivity index (χ0) is 19.4. The summed E-state index contributed by atoms with van der Waals surface area (Å²) in [5.41, 5.74) is 1.56. The van der Waals surface area contributed by atoms with Crippen LogP contribution in [0.15, 0.2) is 51.8 Å². The quantitative estimate of drug-likeness (QED) is 0.698. The van der Waals surface area contributed by atoms with Gasteiger partial charge in [0.2, 0.25) is 5.91 Å². The number of ether oxygens (including phenoxy) is 1. The third-order valence-electron chi connectivity index (χ3n) is 4.02. The Morgan fingerprint density at radius 3 is 2.67 bits per heavy atom. The van der Waals surface area contributed by atoms with Gasteiger partial charge in [-0.15, -0.1) is 11.8 Å². The highest BCUT2D eigenvalue weighted by atomic mass is 79.9. The minimum absolute atomic E-state index is 0.0823. The van der Waals surface area contributed by atoms with Crippen molar-refractivity contribution in [1.82, 2.24) is 5.32 Å². The molecular formula is C19H17BrN2O4S. The number of rotatable bonds is 4. The van der Waals surface area contributed by atoms with Crippen molar-refractivity contribution in [2.45, 2.75) is 17.4 Å². The minimum atomic E-state index is -0.932. The summed E-state index contributed by atoms with van der Waals surface area (Å²) in [7, 11) is 1.27. The minimum Gasteiger partial charge on any atom is -0.467 e. The van der Waals surface area contributed by atoms with E-state index >= 15 is 0 Å². The van der Waals surface area contributed by atoms with Gasteiger partial charge in [-0.1, -0.05) is 28.1 Å². The molecule has 1 atom stereocenters. The van der Waals surface area contributed by atoms with Crippen LogP contribution in [-0.4, -0.2) is 30.6 Å². The summed E-state index contributed by atoms with van der Waals surface area (Å²) in [6.45, 7) is 0. The lowest BCUT2D eigenvalue weighted by Crippen LogP contribution is -2.34. The Labute approximate surface area is 169 Å². The molecule has 27 heavy (non-hydrogen) atoms. The molecular weight excluding hydrogens is 432 g/mol. The number of amides is 2. The fraction of sp³-hybridized carbons (Fsp3) is 0.211. The number of carbonyl (C=O) groups is 3. The maximum atomic E-state index is 12.7. The summed E-state index contributed by atoms with van der Waals surface area (Å²) in [5.74, 6) is -0.386. The lowest BCUT2D eigenvalue weighted by molar-refractivity contribution is -0.143. The molecule has 3 rings (SSSR count). The van der Waals surface area contributed by atoms with Crippen LogP contribution >= 0.6 is 27.7 Å². The molecule has 8 heteroatoms. The molecule has 0 aromatic heterocycles. The van der Waals surface area contributed by atoms with Crippen LogP contribution in [-0.2, 0) is 14.3 Å². The standard InChI is InChI=1S/C19H17BrN2O4S/c1-26-19(25)17(11-2-5-13(20)6-3-11)22-18(24)12-4-7-15-14(10-12)21-16(23)8-9-27-15/h2-7,10,17H,8-9H2,1H3,(H,21,23)(H,22,24). The SMILES string of the molecule is COC(=O)C(NC(=O)c1ccc2c(c1)NC(=O)CCS2)c1ccc(Br)cc1. The lowest BCUT2D eigenvalue weighted by Gasteiger charge is -2.17. The molecule has 0 saturated carbocycles. The Balaban J connectivity index is 1.84. The summed E-state index contributed by atoms with van der Waals surface area (Å²) in [5, 5.41) is 5.51. The van der Waals surface area contributed by atoms with Crippen molar-refractivity contribution < 1.29 is 19.1 Å². The topological polar surface area (TPSA) is 84.5 Å². The average Bonchev–Trinajstić information content (AvgIpc) is 2.86. The van der Waals surface area contributed by atoms with E-state index in [4.69, 9.17) is 4.74 Å². The lowest BCUT2D eigenvalue weighted by atomic mass is 10.1. The summed E-state index contributed by atoms with van der Waals surface area (Å²) < 4.78 is 5.69. The van der Waals surface area contributed by atoms with Gasteiger partial charge < -0.3 is 15.4 Å². The van der Waals surface area contributed by atoms with E-state index in [9.17, 15) is 14.4 Å². The Kier molecular flexibility index (Phi) is 6.18. The van der Waals surface area contributed by atoms with Gasteiger partial charge in [0.05, 0.1) is 12.8 Å². The number of nitrogens with one attached hydrogen (secondary N) is 2. The van der Waals surface area contributed by atoms with Crippen molar-refractivity contribution in [2.24, 2.45) is 0 Å². The number of hydrogen-bond acceptors (Lipinski definition) is 5. The molecule has 0 saturated heterocycles. The average molecular weight is 449 g/mol. The number of methoxy groups -OCH3 is 1. The van der Waals surface area contributed by atoms with Gasteiger partial charge in [0.1, 0.15) is 0 Å². The Hall–Kier alpha value is -2.32. The number of thioether (sulfide) groups is 1. The molecule has 0 fully saturated rings. The van der Waals surface area contributed by atoms with Gasteiger partial charge in [0.25, 0.3) is 5.91 Å². The van der Waals surface area contributed by atoms with Crippen LogP contribution in [0.25, 0.3) is 0 Å². The van der Waals surface area contributed by atoms with E-state index in [0.29, 0.717) is 29.0 Å². The van der Waals surface area contributed by atoms with Gasteiger partial charge >= 0.3 is 5.97 Å². The number of hydrogen-bond donors (Lipinski definition) is 2. The first-order chi connectivity index (χ1) is 13.0. The smallest absolute Gasteiger partial charge is 0.333 e. The molecule has 1 unspecified atom stereocenters. The molecule has 2 N–H and O–H groups in total. The van der Waals surface area contributed by atoms with Gasteiger partial charge in [0, 0.05) is 27.1 Å². The second kappa shape index (κ2) is 8.58. The first-order valence-electron chi connectivity index (χ1n) is 8.19. The molecule has 0 spiro atoms. The van der Waals surface area contributed by atoms with E-state index < -0.39 is 17.9 Å². The van der Waals surface area contributed by atoms with E-state index in [-0.39, 0.29) is 5.91 Å². The number of carbonyl (C=O) groups excluding carboxylic acids is 3. The normalized spacial score (nSPS) is 14.4. The van der Waals surface area contributed by atoms with E-state index in [1.165, 1.54) is 7.11 Å². The van der Waals surface area contributed by atoms with Gasteiger partial charge in [-0.2, -0.15) is 0 Å². The van der Waals surface area contributed by atoms with Crippen molar-refractivity contribution in [3.8, 4) is 0 Å². The molecule has 2 aromatic carbocycles. The zero-order valence-electron chi connectivity index (χ0n) is 14.5. The van der Waals surface area contributed by atoms with Gasteiger partial charge in [-0.3, -0.25) is 9.59 Å². The Morgan fingerprint density at radius 1 is 1.22 bits per heavy atom. The molecule has 2 amide bonds. The maximum Gasteiger partial charge on any atom is 0.333 e. The molecule has 1 aliphatic rings. The zero-order valence-corrected chi connectivity index (χ0v) is 16.9. The Morgan fingerprint density at radius 2 is 1.96 bits per heavy atom. The molecule has 140 valence electrons. The van der Waals surface area contributed by atoms with Crippen LogP contribution < -0.4 is 10.6 Å². The molecule has 1 aliphatic heterocycles. The molecule has 0 bridgehead atoms. The van der Waals surface area contributed by atoms with E-state index in [1.807, 2.05) is 0 Å². The van der Waals surface area contributed by atoms with Crippen molar-refractivity contribution in [3.63, 3.8) is 0 Å². The van der Waals surface area contributed by atoms with Crippen molar-refractivity contribution >= 4 is 51.2 Å². The fourth-order valence-corrected chi connectivity index (χ4v) is 3.83. The maximum absolute atomic E-state index is 12.7. The van der Waals surface area contributed by atoms with Crippen molar-refractivity contribution in [3.05, 3.63) is 58.1 Å². The van der Waals surface area contributed by atoms with Gasteiger partial charge in [0.15, 0.2) is 6.04 Å². The fourth-order valence-electron chi connectivity index (χ4n) is 2.63. The third kappa shape index (κ3) is 4.70. The molecule has 2 aromatic rings. The molecule has 6 nitrogen and oxygen atoms in total. The largest absolute Gasteiger partial charge is 0.467 e. The predicted molar refractivity (Wildman–Crippen MR) is 107 cm³/mol. The van der Waals surface area contributed by atoms with Crippen LogP contribution in [0.3, 0.4) is 0 Å². The van der Waals surface area contributed by atoms with Crippen molar-refractivity contribution in [1.29, 1.82) is 0 Å². The summed E-state index contributed by atoms with van der Waals surface area (Å²) in [6, 6.07) is 11.2. The highest BCUT2D eigenvalue weighted by Crippen LogP contribution is 2.31. The molecule has 0 radical (unpaired) electrons. The van der Waals surface area contributed by atoms with Gasteiger partial charge in [-0.05, 0) is 35.9 Å². The predicted octanol–water partition coefficient (Wildman–Crippen LogP) is 3.53. The first-order valence-corrected chi connectivity index (χ1v) is 9.96. The number of esters is 1. The summed E-state index contributed by atoms with van der Waals surface area (Å²) in [6.07, 6.45) is 0.425. The highest BCUT2D eigenvalue weighted by molar-refractivity contribution is 9.10. The number of anilines is 1. The molecule has 1 heterocycles. The second-order valence-corrected chi connectivity index (χ2v) is 7.89.